The molecule has 0 radical (unpaired) electrons. The Kier molecular flexibility index (Phi) is 4.17. The smallest absolute Gasteiger partial charge is 0.0858 e. The molecule has 1 aliphatic rings. The van der Waals surface area contributed by atoms with Crippen molar-refractivity contribution in [2.75, 3.05) is 7.11 Å². The van der Waals surface area contributed by atoms with E-state index < -0.39 is 0 Å². The summed E-state index contributed by atoms with van der Waals surface area (Å²) >= 11 is 0. The molecule has 0 fully saturated rings. The van der Waals surface area contributed by atoms with Crippen molar-refractivity contribution in [3.05, 3.63) is 47.5 Å². The van der Waals surface area contributed by atoms with Gasteiger partial charge < -0.3 is 4.74 Å². The van der Waals surface area contributed by atoms with E-state index in [0.29, 0.717) is 0 Å². The lowest BCUT2D eigenvalue weighted by atomic mass is 9.93. The molecule has 1 unspecified atom stereocenters. The SMILES string of the molecule is COC(CC1=CCCCC1)c1ccccc1. The van der Waals surface area contributed by atoms with Crippen molar-refractivity contribution in [2.24, 2.45) is 0 Å². The van der Waals surface area contributed by atoms with Crippen LogP contribution in [0.2, 0.25) is 0 Å². The quantitative estimate of drug-likeness (QED) is 0.683. The van der Waals surface area contributed by atoms with Crippen molar-refractivity contribution < 1.29 is 4.74 Å². The van der Waals surface area contributed by atoms with E-state index in [0.717, 1.165) is 6.42 Å². The fourth-order valence-electron chi connectivity index (χ4n) is 2.33. The van der Waals surface area contributed by atoms with E-state index in [2.05, 4.69) is 36.4 Å². The van der Waals surface area contributed by atoms with Crippen LogP contribution in [0, 0.1) is 0 Å². The lowest BCUT2D eigenvalue weighted by Crippen LogP contribution is -2.04. The third-order valence-corrected chi connectivity index (χ3v) is 3.29. The van der Waals surface area contributed by atoms with Crippen molar-refractivity contribution >= 4 is 0 Å². The van der Waals surface area contributed by atoms with E-state index in [1.54, 1.807) is 12.7 Å². The second kappa shape index (κ2) is 5.86. The zero-order valence-corrected chi connectivity index (χ0v) is 9.99. The Bertz CT molecular complexity index is 340. The van der Waals surface area contributed by atoms with Crippen molar-refractivity contribution in [2.45, 2.75) is 38.2 Å². The fourth-order valence-corrected chi connectivity index (χ4v) is 2.33. The average Bonchev–Trinajstić information content (AvgIpc) is 2.38. The molecule has 2 rings (SSSR count). The second-order valence-electron chi connectivity index (χ2n) is 4.45. The monoisotopic (exact) mass is 216 g/mol. The largest absolute Gasteiger partial charge is 0.376 e. The fraction of sp³-hybridized carbons (Fsp3) is 0.467. The molecular formula is C15H20O. The maximum Gasteiger partial charge on any atom is 0.0858 e. The molecule has 0 saturated heterocycles. The van der Waals surface area contributed by atoms with E-state index in [1.165, 1.54) is 31.2 Å². The molecule has 0 spiro atoms. The summed E-state index contributed by atoms with van der Waals surface area (Å²) in [6, 6.07) is 10.5. The van der Waals surface area contributed by atoms with E-state index in [4.69, 9.17) is 4.74 Å². The molecule has 86 valence electrons. The predicted molar refractivity (Wildman–Crippen MR) is 67.4 cm³/mol. The van der Waals surface area contributed by atoms with Gasteiger partial charge >= 0.3 is 0 Å². The number of allylic oxidation sites excluding steroid dienone is 1. The van der Waals surface area contributed by atoms with Gasteiger partial charge in [0.15, 0.2) is 0 Å². The van der Waals surface area contributed by atoms with E-state index in [1.807, 2.05) is 0 Å². The molecule has 16 heavy (non-hydrogen) atoms. The van der Waals surface area contributed by atoms with Gasteiger partial charge in [0.2, 0.25) is 0 Å². The van der Waals surface area contributed by atoms with Crippen LogP contribution in [0.25, 0.3) is 0 Å². The summed E-state index contributed by atoms with van der Waals surface area (Å²) in [7, 11) is 1.81. The van der Waals surface area contributed by atoms with E-state index in [-0.39, 0.29) is 6.10 Å². The summed E-state index contributed by atoms with van der Waals surface area (Å²) in [5.41, 5.74) is 2.86. The highest BCUT2D eigenvalue weighted by Crippen LogP contribution is 2.29. The Balaban J connectivity index is 2.03. The molecule has 1 aromatic rings. The molecule has 1 nitrogen and oxygen atoms in total. The van der Waals surface area contributed by atoms with Crippen LogP contribution in [-0.4, -0.2) is 7.11 Å². The van der Waals surface area contributed by atoms with Crippen LogP contribution in [0.4, 0.5) is 0 Å². The Labute approximate surface area is 98.1 Å². The topological polar surface area (TPSA) is 9.23 Å². The average molecular weight is 216 g/mol. The van der Waals surface area contributed by atoms with Gasteiger partial charge in [-0.3, -0.25) is 0 Å². The molecule has 0 heterocycles. The van der Waals surface area contributed by atoms with Gasteiger partial charge in [-0.05, 0) is 37.7 Å². The van der Waals surface area contributed by atoms with Gasteiger partial charge in [0.25, 0.3) is 0 Å². The minimum Gasteiger partial charge on any atom is -0.376 e. The molecule has 0 aromatic heterocycles. The van der Waals surface area contributed by atoms with Gasteiger partial charge in [-0.1, -0.05) is 42.0 Å². The number of methoxy groups -OCH3 is 1. The maximum absolute atomic E-state index is 5.60. The third kappa shape index (κ3) is 2.96. The molecule has 0 N–H and O–H groups in total. The van der Waals surface area contributed by atoms with Gasteiger partial charge in [-0.2, -0.15) is 0 Å². The minimum atomic E-state index is 0.227. The standard InChI is InChI=1S/C15H20O/c1-16-15(14-10-6-3-7-11-14)12-13-8-4-2-5-9-13/h3,6-8,10-11,15H,2,4-5,9,12H2,1H3. The number of hydrogen-bond donors (Lipinski definition) is 0. The first-order chi connectivity index (χ1) is 7.90. The number of benzene rings is 1. The van der Waals surface area contributed by atoms with Crippen molar-refractivity contribution in [3.63, 3.8) is 0 Å². The first-order valence-electron chi connectivity index (χ1n) is 6.16. The zero-order valence-electron chi connectivity index (χ0n) is 9.99. The molecule has 1 heteroatoms. The van der Waals surface area contributed by atoms with Crippen molar-refractivity contribution in [1.29, 1.82) is 0 Å². The Morgan fingerprint density at radius 2 is 2.00 bits per heavy atom. The molecule has 1 aliphatic carbocycles. The van der Waals surface area contributed by atoms with Crippen LogP contribution in [0.3, 0.4) is 0 Å². The summed E-state index contributed by atoms with van der Waals surface area (Å²) in [6.07, 6.45) is 8.89. The molecule has 1 aromatic carbocycles. The summed E-state index contributed by atoms with van der Waals surface area (Å²) in [4.78, 5) is 0. The normalized spacial score (nSPS) is 17.9. The number of ether oxygens (including phenoxy) is 1. The van der Waals surface area contributed by atoms with Gasteiger partial charge in [0.1, 0.15) is 0 Å². The van der Waals surface area contributed by atoms with Crippen LogP contribution < -0.4 is 0 Å². The van der Waals surface area contributed by atoms with Crippen LogP contribution in [0.5, 0.6) is 0 Å². The molecule has 0 bridgehead atoms. The zero-order chi connectivity index (χ0) is 11.2. The molecule has 0 saturated carbocycles. The molecule has 0 amide bonds. The van der Waals surface area contributed by atoms with E-state index in [9.17, 15) is 0 Å². The highest BCUT2D eigenvalue weighted by Gasteiger charge is 2.13. The summed E-state index contributed by atoms with van der Waals surface area (Å²) in [5, 5.41) is 0. The van der Waals surface area contributed by atoms with Gasteiger partial charge in [-0.15, -0.1) is 0 Å². The Hall–Kier alpha value is -1.08. The van der Waals surface area contributed by atoms with Gasteiger partial charge in [0.05, 0.1) is 6.10 Å². The highest BCUT2D eigenvalue weighted by atomic mass is 16.5. The predicted octanol–water partition coefficient (Wildman–Crippen LogP) is 4.26. The summed E-state index contributed by atoms with van der Waals surface area (Å²) < 4.78 is 5.60. The lowest BCUT2D eigenvalue weighted by Gasteiger charge is -2.20. The van der Waals surface area contributed by atoms with Crippen molar-refractivity contribution in [3.8, 4) is 0 Å². The first-order valence-corrected chi connectivity index (χ1v) is 6.16. The van der Waals surface area contributed by atoms with Gasteiger partial charge in [0, 0.05) is 7.11 Å². The highest BCUT2D eigenvalue weighted by molar-refractivity contribution is 5.20. The third-order valence-electron chi connectivity index (χ3n) is 3.29. The minimum absolute atomic E-state index is 0.227. The summed E-state index contributed by atoms with van der Waals surface area (Å²) in [6.45, 7) is 0. The van der Waals surface area contributed by atoms with Gasteiger partial charge in [-0.25, -0.2) is 0 Å². The number of rotatable bonds is 4. The summed E-state index contributed by atoms with van der Waals surface area (Å²) in [5.74, 6) is 0. The molecule has 1 atom stereocenters. The van der Waals surface area contributed by atoms with Crippen LogP contribution in [0.1, 0.15) is 43.8 Å². The Morgan fingerprint density at radius 3 is 2.62 bits per heavy atom. The first kappa shape index (κ1) is 11.4. The van der Waals surface area contributed by atoms with Crippen LogP contribution >= 0.6 is 0 Å². The van der Waals surface area contributed by atoms with Crippen molar-refractivity contribution in [1.82, 2.24) is 0 Å². The van der Waals surface area contributed by atoms with Crippen LogP contribution in [-0.2, 0) is 4.74 Å². The second-order valence-corrected chi connectivity index (χ2v) is 4.45. The van der Waals surface area contributed by atoms with Crippen LogP contribution in [0.15, 0.2) is 42.0 Å². The molecular weight excluding hydrogens is 196 g/mol. The Morgan fingerprint density at radius 1 is 1.19 bits per heavy atom. The number of hydrogen-bond acceptors (Lipinski definition) is 1. The van der Waals surface area contributed by atoms with E-state index >= 15 is 0 Å². The molecule has 0 aliphatic heterocycles. The lowest BCUT2D eigenvalue weighted by molar-refractivity contribution is 0.102. The maximum atomic E-state index is 5.60.